The second kappa shape index (κ2) is 4.32. The molecule has 2 amide bonds. The van der Waals surface area contributed by atoms with Gasteiger partial charge in [-0.25, -0.2) is 4.79 Å². The standard InChI is InChI=1S/C9H12N2O4S/c12-7(5-4-16-9(15)10-5)11-3-1-2-6(11)8(13)14/h5-6H,1-4H2,(H,10,15)(H,13,14)/t5-,6?/m0/s1. The number of carbonyl (C=O) groups excluding carboxylic acids is 2. The summed E-state index contributed by atoms with van der Waals surface area (Å²) in [6.45, 7) is 0.465. The summed E-state index contributed by atoms with van der Waals surface area (Å²) in [5, 5.41) is 11.3. The van der Waals surface area contributed by atoms with E-state index in [9.17, 15) is 14.4 Å². The van der Waals surface area contributed by atoms with E-state index < -0.39 is 18.1 Å². The smallest absolute Gasteiger partial charge is 0.326 e. The van der Waals surface area contributed by atoms with E-state index in [1.54, 1.807) is 0 Å². The van der Waals surface area contributed by atoms with Gasteiger partial charge < -0.3 is 15.3 Å². The number of rotatable bonds is 2. The molecule has 0 aromatic carbocycles. The molecule has 2 fully saturated rings. The van der Waals surface area contributed by atoms with Gasteiger partial charge >= 0.3 is 5.97 Å². The second-order valence-corrected chi connectivity index (χ2v) is 4.82. The Kier molecular flexibility index (Phi) is 3.04. The zero-order chi connectivity index (χ0) is 11.7. The summed E-state index contributed by atoms with van der Waals surface area (Å²) in [4.78, 5) is 35.2. The minimum atomic E-state index is -0.970. The Morgan fingerprint density at radius 1 is 1.50 bits per heavy atom. The number of amides is 2. The van der Waals surface area contributed by atoms with Gasteiger partial charge in [-0.3, -0.25) is 9.59 Å². The number of likely N-dealkylation sites (tertiary alicyclic amines) is 1. The molecule has 2 atom stereocenters. The topological polar surface area (TPSA) is 86.7 Å². The van der Waals surface area contributed by atoms with Crippen molar-refractivity contribution in [3.05, 3.63) is 0 Å². The summed E-state index contributed by atoms with van der Waals surface area (Å²) in [5.74, 6) is -0.855. The van der Waals surface area contributed by atoms with E-state index in [-0.39, 0.29) is 11.1 Å². The number of nitrogens with zero attached hydrogens (tertiary/aromatic N) is 1. The van der Waals surface area contributed by atoms with E-state index in [0.717, 1.165) is 11.8 Å². The van der Waals surface area contributed by atoms with Crippen LogP contribution in [0.5, 0.6) is 0 Å². The summed E-state index contributed by atoms with van der Waals surface area (Å²) in [6, 6.07) is -1.28. The lowest BCUT2D eigenvalue weighted by atomic mass is 10.2. The molecule has 2 N–H and O–H groups in total. The average molecular weight is 244 g/mol. The predicted molar refractivity (Wildman–Crippen MR) is 57.1 cm³/mol. The van der Waals surface area contributed by atoms with Crippen LogP contribution in [0, 0.1) is 0 Å². The van der Waals surface area contributed by atoms with Gasteiger partial charge in [0.25, 0.3) is 5.24 Å². The monoisotopic (exact) mass is 244 g/mol. The first-order chi connectivity index (χ1) is 7.59. The Balaban J connectivity index is 2.03. The minimum Gasteiger partial charge on any atom is -0.480 e. The molecule has 0 radical (unpaired) electrons. The molecule has 16 heavy (non-hydrogen) atoms. The Morgan fingerprint density at radius 3 is 2.81 bits per heavy atom. The highest BCUT2D eigenvalue weighted by Gasteiger charge is 2.39. The first-order valence-corrected chi connectivity index (χ1v) is 6.04. The number of thioether (sulfide) groups is 1. The summed E-state index contributed by atoms with van der Waals surface area (Å²) in [7, 11) is 0. The zero-order valence-electron chi connectivity index (χ0n) is 8.51. The molecule has 2 aliphatic heterocycles. The highest BCUT2D eigenvalue weighted by Crippen LogP contribution is 2.21. The summed E-state index contributed by atoms with van der Waals surface area (Å²) in [6.07, 6.45) is 1.20. The number of hydrogen-bond acceptors (Lipinski definition) is 4. The third kappa shape index (κ3) is 1.99. The molecular formula is C9H12N2O4S. The van der Waals surface area contributed by atoms with Crippen molar-refractivity contribution in [1.82, 2.24) is 10.2 Å². The number of carboxylic acids is 1. The van der Waals surface area contributed by atoms with Gasteiger partial charge in [0.05, 0.1) is 0 Å². The first-order valence-electron chi connectivity index (χ1n) is 5.06. The van der Waals surface area contributed by atoms with Crippen LogP contribution in [-0.4, -0.2) is 51.5 Å². The van der Waals surface area contributed by atoms with Crippen molar-refractivity contribution < 1.29 is 19.5 Å². The molecular weight excluding hydrogens is 232 g/mol. The van der Waals surface area contributed by atoms with Gasteiger partial charge in [-0.15, -0.1) is 0 Å². The van der Waals surface area contributed by atoms with Crippen LogP contribution in [0.2, 0.25) is 0 Å². The first kappa shape index (κ1) is 11.3. The van der Waals surface area contributed by atoms with Crippen LogP contribution < -0.4 is 5.32 Å². The van der Waals surface area contributed by atoms with Gasteiger partial charge in [0.1, 0.15) is 12.1 Å². The lowest BCUT2D eigenvalue weighted by molar-refractivity contribution is -0.148. The van der Waals surface area contributed by atoms with E-state index >= 15 is 0 Å². The molecule has 2 heterocycles. The van der Waals surface area contributed by atoms with E-state index in [0.29, 0.717) is 25.1 Å². The van der Waals surface area contributed by atoms with Crippen LogP contribution in [-0.2, 0) is 9.59 Å². The molecule has 88 valence electrons. The lowest BCUT2D eigenvalue weighted by Crippen LogP contribution is -2.49. The van der Waals surface area contributed by atoms with Gasteiger partial charge in [0, 0.05) is 12.3 Å². The van der Waals surface area contributed by atoms with Crippen molar-refractivity contribution in [2.75, 3.05) is 12.3 Å². The molecule has 0 spiro atoms. The Morgan fingerprint density at radius 2 is 2.25 bits per heavy atom. The molecule has 0 bridgehead atoms. The average Bonchev–Trinajstić information content (AvgIpc) is 2.84. The summed E-state index contributed by atoms with van der Waals surface area (Å²) in [5.41, 5.74) is 0. The zero-order valence-corrected chi connectivity index (χ0v) is 9.33. The number of carboxylic acid groups (broad SMARTS) is 1. The number of aliphatic carboxylic acids is 1. The fourth-order valence-electron chi connectivity index (χ4n) is 2.01. The van der Waals surface area contributed by atoms with Gasteiger partial charge in [-0.05, 0) is 12.8 Å². The molecule has 0 aromatic heterocycles. The van der Waals surface area contributed by atoms with Crippen molar-refractivity contribution in [3.63, 3.8) is 0 Å². The fraction of sp³-hybridized carbons (Fsp3) is 0.667. The summed E-state index contributed by atoms with van der Waals surface area (Å²) >= 11 is 1.06. The largest absolute Gasteiger partial charge is 0.480 e. The van der Waals surface area contributed by atoms with Crippen LogP contribution in [0.4, 0.5) is 4.79 Å². The normalized spacial score (nSPS) is 29.2. The quantitative estimate of drug-likeness (QED) is 0.707. The van der Waals surface area contributed by atoms with Crippen molar-refractivity contribution in [2.24, 2.45) is 0 Å². The Labute approximate surface area is 96.4 Å². The van der Waals surface area contributed by atoms with Gasteiger partial charge in [-0.2, -0.15) is 0 Å². The molecule has 6 nitrogen and oxygen atoms in total. The van der Waals surface area contributed by atoms with Crippen LogP contribution >= 0.6 is 11.8 Å². The highest BCUT2D eigenvalue weighted by molar-refractivity contribution is 8.14. The van der Waals surface area contributed by atoms with Crippen LogP contribution in [0.25, 0.3) is 0 Å². The maximum absolute atomic E-state index is 11.9. The van der Waals surface area contributed by atoms with Gasteiger partial charge in [0.2, 0.25) is 5.91 Å². The van der Waals surface area contributed by atoms with Crippen molar-refractivity contribution in [2.45, 2.75) is 24.9 Å². The van der Waals surface area contributed by atoms with Gasteiger partial charge in [0.15, 0.2) is 0 Å². The Bertz CT molecular complexity index is 346. The van der Waals surface area contributed by atoms with Crippen LogP contribution in [0.15, 0.2) is 0 Å². The van der Waals surface area contributed by atoms with Crippen LogP contribution in [0.1, 0.15) is 12.8 Å². The number of carbonyl (C=O) groups is 3. The van der Waals surface area contributed by atoms with Crippen LogP contribution in [0.3, 0.4) is 0 Å². The second-order valence-electron chi connectivity index (χ2n) is 3.82. The summed E-state index contributed by atoms with van der Waals surface area (Å²) < 4.78 is 0. The van der Waals surface area contributed by atoms with Crippen molar-refractivity contribution in [1.29, 1.82) is 0 Å². The molecule has 7 heteroatoms. The SMILES string of the molecule is O=C1N[C@H](C(=O)N2CCCC2C(=O)O)CS1. The molecule has 2 saturated heterocycles. The predicted octanol–water partition coefficient (Wildman–Crippen LogP) is -0.113. The molecule has 0 saturated carbocycles. The molecule has 1 unspecified atom stereocenters. The lowest BCUT2D eigenvalue weighted by Gasteiger charge is -2.24. The molecule has 0 aromatic rings. The third-order valence-electron chi connectivity index (χ3n) is 2.79. The van der Waals surface area contributed by atoms with E-state index in [4.69, 9.17) is 5.11 Å². The molecule has 2 rings (SSSR count). The Hall–Kier alpha value is -1.24. The highest BCUT2D eigenvalue weighted by atomic mass is 32.2. The number of nitrogens with one attached hydrogen (secondary N) is 1. The third-order valence-corrected chi connectivity index (χ3v) is 3.67. The minimum absolute atomic E-state index is 0.218. The van der Waals surface area contributed by atoms with E-state index in [1.165, 1.54) is 4.90 Å². The van der Waals surface area contributed by atoms with E-state index in [2.05, 4.69) is 5.32 Å². The molecule has 0 aliphatic carbocycles. The van der Waals surface area contributed by atoms with Crippen molar-refractivity contribution in [3.8, 4) is 0 Å². The maximum Gasteiger partial charge on any atom is 0.326 e. The molecule has 2 aliphatic rings. The maximum atomic E-state index is 11.9. The van der Waals surface area contributed by atoms with Gasteiger partial charge in [-0.1, -0.05) is 11.8 Å². The number of hydrogen-bond donors (Lipinski definition) is 2. The fourth-order valence-corrected chi connectivity index (χ4v) is 2.77. The van der Waals surface area contributed by atoms with E-state index in [1.807, 2.05) is 0 Å². The van der Waals surface area contributed by atoms with Crippen molar-refractivity contribution >= 4 is 28.9 Å².